The van der Waals surface area contributed by atoms with Gasteiger partial charge < -0.3 is 9.72 Å². The molecule has 0 spiro atoms. The van der Waals surface area contributed by atoms with Crippen molar-refractivity contribution in [3.05, 3.63) is 34.7 Å². The van der Waals surface area contributed by atoms with Gasteiger partial charge in [-0.25, -0.2) is 4.98 Å². The number of aromatic nitrogens is 2. The number of hydrogen-bond acceptors (Lipinski definition) is 3. The van der Waals surface area contributed by atoms with E-state index in [0.29, 0.717) is 11.3 Å². The number of nitrogens with one attached hydrogen (secondary N) is 1. The molecule has 1 aromatic carbocycles. The highest BCUT2D eigenvalue weighted by Crippen LogP contribution is 2.15. The van der Waals surface area contributed by atoms with E-state index in [9.17, 15) is 4.79 Å². The molecule has 2 rings (SSSR count). The summed E-state index contributed by atoms with van der Waals surface area (Å²) in [6, 6.07) is 5.33. The van der Waals surface area contributed by atoms with Gasteiger partial charge in [0.1, 0.15) is 5.75 Å². The van der Waals surface area contributed by atoms with Crippen molar-refractivity contribution in [2.75, 3.05) is 7.11 Å². The number of fused-ring (bicyclic) bond motifs is 1. The summed E-state index contributed by atoms with van der Waals surface area (Å²) >= 11 is 0. The molecule has 0 aliphatic rings. The lowest BCUT2D eigenvalue weighted by Gasteiger charge is -2.00. The lowest BCUT2D eigenvalue weighted by Crippen LogP contribution is -2.04. The van der Waals surface area contributed by atoms with E-state index in [1.54, 1.807) is 25.3 Å². The number of benzene rings is 1. The van der Waals surface area contributed by atoms with E-state index >= 15 is 0 Å². The molecule has 1 aromatic heterocycles. The maximum absolute atomic E-state index is 10.9. The van der Waals surface area contributed by atoms with Gasteiger partial charge in [-0.2, -0.15) is 0 Å². The average molecular weight is 206 g/mol. The normalized spacial score (nSPS) is 9.27. The van der Waals surface area contributed by atoms with Crippen molar-refractivity contribution in [1.82, 2.24) is 9.97 Å². The van der Waals surface area contributed by atoms with Crippen molar-refractivity contribution in [3.8, 4) is 5.75 Å². The van der Waals surface area contributed by atoms with Crippen molar-refractivity contribution in [1.29, 1.82) is 0 Å². The Morgan fingerprint density at radius 1 is 1.33 bits per heavy atom. The second-order valence-electron chi connectivity index (χ2n) is 2.63. The van der Waals surface area contributed by atoms with Gasteiger partial charge in [0.25, 0.3) is 5.56 Å². The predicted octanol–water partition coefficient (Wildman–Crippen LogP) is 1.96. The first-order valence-electron chi connectivity index (χ1n) is 4.83. The highest BCUT2D eigenvalue weighted by atomic mass is 16.5. The first-order valence-corrected chi connectivity index (χ1v) is 4.83. The van der Waals surface area contributed by atoms with Crippen molar-refractivity contribution >= 4 is 11.0 Å². The summed E-state index contributed by atoms with van der Waals surface area (Å²) < 4.78 is 5.01. The van der Waals surface area contributed by atoms with Crippen LogP contribution in [0.1, 0.15) is 13.8 Å². The Hall–Kier alpha value is -1.84. The van der Waals surface area contributed by atoms with Crippen LogP contribution < -0.4 is 10.3 Å². The van der Waals surface area contributed by atoms with Crippen LogP contribution in [0.4, 0.5) is 0 Å². The van der Waals surface area contributed by atoms with Crippen LogP contribution >= 0.6 is 0 Å². The number of H-pyrrole nitrogens is 1. The van der Waals surface area contributed by atoms with E-state index in [-0.39, 0.29) is 5.56 Å². The molecule has 0 unspecified atom stereocenters. The summed E-state index contributed by atoms with van der Waals surface area (Å²) in [6.07, 6.45) is 1.26. The largest absolute Gasteiger partial charge is 0.497 e. The van der Waals surface area contributed by atoms with Crippen LogP contribution in [-0.2, 0) is 0 Å². The standard InChI is InChI=1S/C9H8N2O2.C2H6/c1-13-6-2-3-7-8(4-6)11-9(12)5-10-7;1-2/h2-5H,1H3,(H,11,12);1-2H3. The number of ether oxygens (including phenoxy) is 1. The van der Waals surface area contributed by atoms with Gasteiger partial charge in [-0.1, -0.05) is 13.8 Å². The van der Waals surface area contributed by atoms with Crippen LogP contribution in [0, 0.1) is 0 Å². The Morgan fingerprint density at radius 3 is 2.73 bits per heavy atom. The molecule has 0 amide bonds. The van der Waals surface area contributed by atoms with Gasteiger partial charge in [0.05, 0.1) is 24.3 Å². The number of aromatic amines is 1. The summed E-state index contributed by atoms with van der Waals surface area (Å²) in [5, 5.41) is 0. The van der Waals surface area contributed by atoms with Crippen molar-refractivity contribution in [3.63, 3.8) is 0 Å². The molecular weight excluding hydrogens is 192 g/mol. The number of methoxy groups -OCH3 is 1. The Morgan fingerprint density at radius 2 is 2.07 bits per heavy atom. The SMILES string of the molecule is CC.COc1ccc2ncc(=O)[nH]c2c1. The summed E-state index contributed by atoms with van der Waals surface area (Å²) in [4.78, 5) is 17.5. The molecule has 0 saturated heterocycles. The maximum Gasteiger partial charge on any atom is 0.266 e. The predicted molar refractivity (Wildman–Crippen MR) is 60.3 cm³/mol. The molecule has 0 radical (unpaired) electrons. The molecule has 0 fully saturated rings. The molecule has 0 saturated carbocycles. The van der Waals surface area contributed by atoms with Gasteiger partial charge >= 0.3 is 0 Å². The van der Waals surface area contributed by atoms with E-state index in [1.165, 1.54) is 6.20 Å². The first-order chi connectivity index (χ1) is 7.29. The summed E-state index contributed by atoms with van der Waals surface area (Å²) in [5.74, 6) is 0.705. The first kappa shape index (κ1) is 11.2. The second-order valence-corrected chi connectivity index (χ2v) is 2.63. The molecule has 0 bridgehead atoms. The minimum absolute atomic E-state index is 0.208. The topological polar surface area (TPSA) is 55.0 Å². The number of rotatable bonds is 1. The third-order valence-electron chi connectivity index (χ3n) is 1.78. The summed E-state index contributed by atoms with van der Waals surface area (Å²) in [5.41, 5.74) is 1.23. The van der Waals surface area contributed by atoms with Gasteiger partial charge in [-0.15, -0.1) is 0 Å². The molecule has 4 heteroatoms. The number of nitrogens with zero attached hydrogens (tertiary/aromatic N) is 1. The minimum atomic E-state index is -0.208. The fraction of sp³-hybridized carbons (Fsp3) is 0.273. The third kappa shape index (κ3) is 2.56. The molecule has 0 aliphatic carbocycles. The zero-order valence-corrected chi connectivity index (χ0v) is 9.07. The fourth-order valence-electron chi connectivity index (χ4n) is 1.15. The Bertz CT molecular complexity index is 491. The van der Waals surface area contributed by atoms with Crippen LogP contribution in [0.3, 0.4) is 0 Å². The Labute approximate surface area is 87.9 Å². The van der Waals surface area contributed by atoms with Gasteiger partial charge in [-0.3, -0.25) is 4.79 Å². The highest BCUT2D eigenvalue weighted by Gasteiger charge is 1.97. The highest BCUT2D eigenvalue weighted by molar-refractivity contribution is 5.75. The van der Waals surface area contributed by atoms with Crippen LogP contribution in [0.2, 0.25) is 0 Å². The van der Waals surface area contributed by atoms with Gasteiger partial charge in [-0.05, 0) is 12.1 Å². The van der Waals surface area contributed by atoms with E-state index < -0.39 is 0 Å². The molecule has 15 heavy (non-hydrogen) atoms. The van der Waals surface area contributed by atoms with Crippen molar-refractivity contribution < 1.29 is 4.74 Å². The average Bonchev–Trinajstić information content (AvgIpc) is 2.30. The Balaban J connectivity index is 0.000000531. The van der Waals surface area contributed by atoms with Crippen molar-refractivity contribution in [2.45, 2.75) is 13.8 Å². The Kier molecular flexibility index (Phi) is 3.85. The van der Waals surface area contributed by atoms with E-state index in [4.69, 9.17) is 4.74 Å². The van der Waals surface area contributed by atoms with Crippen LogP contribution in [0.15, 0.2) is 29.2 Å². The lowest BCUT2D eigenvalue weighted by atomic mass is 10.3. The molecule has 1 heterocycles. The van der Waals surface area contributed by atoms with Gasteiger partial charge in [0.2, 0.25) is 0 Å². The third-order valence-corrected chi connectivity index (χ3v) is 1.78. The fourth-order valence-corrected chi connectivity index (χ4v) is 1.15. The van der Waals surface area contributed by atoms with Crippen LogP contribution in [-0.4, -0.2) is 17.1 Å². The smallest absolute Gasteiger partial charge is 0.266 e. The quantitative estimate of drug-likeness (QED) is 0.776. The molecule has 80 valence electrons. The summed E-state index contributed by atoms with van der Waals surface area (Å²) in [7, 11) is 1.58. The molecule has 1 N–H and O–H groups in total. The van der Waals surface area contributed by atoms with E-state index in [2.05, 4.69) is 9.97 Å². The van der Waals surface area contributed by atoms with E-state index in [0.717, 1.165) is 5.52 Å². The zero-order chi connectivity index (χ0) is 11.3. The van der Waals surface area contributed by atoms with Gasteiger partial charge in [0.15, 0.2) is 0 Å². The van der Waals surface area contributed by atoms with E-state index in [1.807, 2.05) is 13.8 Å². The minimum Gasteiger partial charge on any atom is -0.497 e. The number of hydrogen-bond donors (Lipinski definition) is 1. The monoisotopic (exact) mass is 206 g/mol. The molecule has 4 nitrogen and oxygen atoms in total. The van der Waals surface area contributed by atoms with Gasteiger partial charge in [0, 0.05) is 6.07 Å². The lowest BCUT2D eigenvalue weighted by molar-refractivity contribution is 0.415. The summed E-state index contributed by atoms with van der Waals surface area (Å²) in [6.45, 7) is 4.00. The zero-order valence-electron chi connectivity index (χ0n) is 9.07. The van der Waals surface area contributed by atoms with Crippen LogP contribution in [0.25, 0.3) is 11.0 Å². The van der Waals surface area contributed by atoms with Crippen LogP contribution in [0.5, 0.6) is 5.75 Å². The maximum atomic E-state index is 10.9. The van der Waals surface area contributed by atoms with Crippen molar-refractivity contribution in [2.24, 2.45) is 0 Å². The molecule has 0 atom stereocenters. The molecular formula is C11H14N2O2. The second kappa shape index (κ2) is 5.14. The molecule has 0 aliphatic heterocycles. The molecule has 2 aromatic rings.